The molecule has 2 aliphatic rings. The first kappa shape index (κ1) is 23.3. The molecular formula is C24H26N4O6. The second kappa shape index (κ2) is 8.19. The molecule has 2 fully saturated rings. The Hall–Kier alpha value is -3.82. The fourth-order valence-electron chi connectivity index (χ4n) is 5.74. The van der Waals surface area contributed by atoms with Crippen molar-refractivity contribution >= 4 is 23.2 Å². The lowest BCUT2D eigenvalue weighted by molar-refractivity contribution is -0.385. The van der Waals surface area contributed by atoms with Gasteiger partial charge in [-0.15, -0.1) is 0 Å². The summed E-state index contributed by atoms with van der Waals surface area (Å²) in [6.07, 6.45) is 1.79. The van der Waals surface area contributed by atoms with Crippen molar-refractivity contribution in [3.05, 3.63) is 79.9 Å². The molecule has 0 aliphatic heterocycles. The summed E-state index contributed by atoms with van der Waals surface area (Å²) in [4.78, 5) is 46.8. The molecule has 0 spiro atoms. The van der Waals surface area contributed by atoms with E-state index in [1.165, 1.54) is 48.5 Å². The molecule has 0 unspecified atom stereocenters. The second-order valence-electron chi connectivity index (χ2n) is 9.84. The van der Waals surface area contributed by atoms with Crippen LogP contribution in [0.5, 0.6) is 0 Å². The maximum absolute atomic E-state index is 13.1. The van der Waals surface area contributed by atoms with Crippen LogP contribution < -0.4 is 10.6 Å². The Balaban J connectivity index is 1.57. The zero-order chi connectivity index (χ0) is 24.8. The van der Waals surface area contributed by atoms with Gasteiger partial charge >= 0.3 is 0 Å². The lowest BCUT2D eigenvalue weighted by Gasteiger charge is -2.40. The van der Waals surface area contributed by atoms with Crippen molar-refractivity contribution < 1.29 is 19.4 Å². The smallest absolute Gasteiger partial charge is 0.269 e. The molecule has 2 saturated carbocycles. The van der Waals surface area contributed by atoms with Crippen LogP contribution in [0.2, 0.25) is 0 Å². The molecule has 4 rings (SSSR count). The lowest BCUT2D eigenvalue weighted by atomic mass is 9.69. The third-order valence-corrected chi connectivity index (χ3v) is 8.12. The van der Waals surface area contributed by atoms with Gasteiger partial charge in [0.25, 0.3) is 23.2 Å². The second-order valence-corrected chi connectivity index (χ2v) is 9.84. The number of carbonyl (C=O) groups excluding carboxylic acids is 2. The molecule has 0 heterocycles. The predicted molar refractivity (Wildman–Crippen MR) is 123 cm³/mol. The topological polar surface area (TPSA) is 144 Å². The van der Waals surface area contributed by atoms with E-state index in [4.69, 9.17) is 0 Å². The van der Waals surface area contributed by atoms with Crippen LogP contribution in [0.1, 0.15) is 54.3 Å². The number of carbonyl (C=O) groups is 2. The van der Waals surface area contributed by atoms with Crippen molar-refractivity contribution in [2.75, 3.05) is 0 Å². The fourth-order valence-corrected chi connectivity index (χ4v) is 5.74. The molecule has 0 saturated heterocycles. The van der Waals surface area contributed by atoms with Crippen LogP contribution >= 0.6 is 0 Å². The van der Waals surface area contributed by atoms with Crippen LogP contribution in [-0.4, -0.2) is 33.7 Å². The molecule has 0 radical (unpaired) electrons. The van der Waals surface area contributed by atoms with E-state index < -0.39 is 9.85 Å². The van der Waals surface area contributed by atoms with Crippen LogP contribution in [-0.2, 0) is 0 Å². The average Bonchev–Trinajstić information content (AvgIpc) is 3.12. The van der Waals surface area contributed by atoms with Gasteiger partial charge in [0.15, 0.2) is 0 Å². The molecule has 2 aromatic rings. The summed E-state index contributed by atoms with van der Waals surface area (Å²) in [5, 5.41) is 28.0. The summed E-state index contributed by atoms with van der Waals surface area (Å²) in [6, 6.07) is 10.1. The van der Waals surface area contributed by atoms with E-state index in [0.29, 0.717) is 11.1 Å². The Bertz CT molecular complexity index is 1160. The molecule has 2 amide bonds. The normalized spacial score (nSPS) is 26.6. The highest BCUT2D eigenvalue weighted by Gasteiger charge is 2.66. The first-order valence-electron chi connectivity index (χ1n) is 11.1. The number of rotatable bonds is 6. The molecule has 2 N–H and O–H groups in total. The number of hydrogen-bond acceptors (Lipinski definition) is 6. The van der Waals surface area contributed by atoms with Crippen molar-refractivity contribution in [3.63, 3.8) is 0 Å². The molecular weight excluding hydrogens is 440 g/mol. The predicted octanol–water partition coefficient (Wildman–Crippen LogP) is 3.86. The van der Waals surface area contributed by atoms with E-state index >= 15 is 0 Å². The maximum Gasteiger partial charge on any atom is 0.269 e. The van der Waals surface area contributed by atoms with Crippen LogP contribution in [0.4, 0.5) is 11.4 Å². The molecule has 10 nitrogen and oxygen atoms in total. The third kappa shape index (κ3) is 3.68. The van der Waals surface area contributed by atoms with Crippen molar-refractivity contribution in [2.24, 2.45) is 16.7 Å². The number of non-ortho nitro benzene ring substituents is 2. The number of nitro groups is 2. The van der Waals surface area contributed by atoms with E-state index in [1.54, 1.807) is 0 Å². The number of fused-ring (bicyclic) bond motifs is 2. The summed E-state index contributed by atoms with van der Waals surface area (Å²) in [7, 11) is 0. The number of hydrogen-bond donors (Lipinski definition) is 2. The van der Waals surface area contributed by atoms with E-state index in [1.807, 2.05) is 0 Å². The van der Waals surface area contributed by atoms with Crippen molar-refractivity contribution in [1.29, 1.82) is 0 Å². The number of nitrogens with one attached hydrogen (secondary N) is 2. The van der Waals surface area contributed by atoms with Gasteiger partial charge in [-0.2, -0.15) is 0 Å². The van der Waals surface area contributed by atoms with E-state index in [0.717, 1.165) is 12.8 Å². The number of amides is 2. The van der Waals surface area contributed by atoms with Crippen molar-refractivity contribution in [3.8, 4) is 0 Å². The first-order chi connectivity index (χ1) is 16.0. The SMILES string of the molecule is CC1(C)[C@H]2CC[C@@]1(C)[C@@H](NC(=O)c1ccc([N+](=O)[O-])cc1)[C@H]2NC(=O)c1ccc([N+](=O)[O-])cc1. The molecule has 178 valence electrons. The van der Waals surface area contributed by atoms with Gasteiger partial charge < -0.3 is 10.6 Å². The van der Waals surface area contributed by atoms with E-state index in [9.17, 15) is 29.8 Å². The quantitative estimate of drug-likeness (QED) is 0.489. The summed E-state index contributed by atoms with van der Waals surface area (Å²) in [5.74, 6) is -0.595. The standard InChI is InChI=1S/C24H26N4O6/c1-23(2)18-12-13-24(23,3)20(26-22(30)15-6-10-17(11-7-15)28(33)34)19(18)25-21(29)14-4-8-16(9-5-14)27(31)32/h4-11,18-20H,12-13H2,1-3H3,(H,25,29)(H,26,30)/t18-,19-,20-,24-/m0/s1. The Morgan fingerprint density at radius 3 is 1.71 bits per heavy atom. The van der Waals surface area contributed by atoms with Crippen LogP contribution in [0, 0.1) is 37.0 Å². The Morgan fingerprint density at radius 1 is 0.824 bits per heavy atom. The largest absolute Gasteiger partial charge is 0.347 e. The lowest BCUT2D eigenvalue weighted by Crippen LogP contribution is -2.57. The average molecular weight is 466 g/mol. The first-order valence-corrected chi connectivity index (χ1v) is 11.1. The highest BCUT2D eigenvalue weighted by Crippen LogP contribution is 2.65. The minimum Gasteiger partial charge on any atom is -0.347 e. The van der Waals surface area contributed by atoms with Crippen LogP contribution in [0.15, 0.2) is 48.5 Å². The van der Waals surface area contributed by atoms with Crippen LogP contribution in [0.25, 0.3) is 0 Å². The highest BCUT2D eigenvalue weighted by atomic mass is 16.6. The van der Waals surface area contributed by atoms with Crippen molar-refractivity contribution in [2.45, 2.75) is 45.7 Å². The number of nitrogens with zero attached hydrogens (tertiary/aromatic N) is 2. The molecule has 2 bridgehead atoms. The molecule has 34 heavy (non-hydrogen) atoms. The van der Waals surface area contributed by atoms with Gasteiger partial charge in [-0.25, -0.2) is 0 Å². The molecule has 0 aromatic heterocycles. The number of nitro benzene ring substituents is 2. The summed E-state index contributed by atoms with van der Waals surface area (Å²) in [6.45, 7) is 6.41. The summed E-state index contributed by atoms with van der Waals surface area (Å²) >= 11 is 0. The van der Waals surface area contributed by atoms with E-state index in [-0.39, 0.29) is 52.0 Å². The van der Waals surface area contributed by atoms with Crippen molar-refractivity contribution in [1.82, 2.24) is 10.6 Å². The van der Waals surface area contributed by atoms with Gasteiger partial charge in [-0.3, -0.25) is 29.8 Å². The molecule has 2 aliphatic carbocycles. The number of benzene rings is 2. The van der Waals surface area contributed by atoms with Crippen LogP contribution in [0.3, 0.4) is 0 Å². The fraction of sp³-hybridized carbons (Fsp3) is 0.417. The van der Waals surface area contributed by atoms with Gasteiger partial charge in [0.2, 0.25) is 0 Å². The monoisotopic (exact) mass is 466 g/mol. The Morgan fingerprint density at radius 2 is 1.26 bits per heavy atom. The van der Waals surface area contributed by atoms with E-state index in [2.05, 4.69) is 31.4 Å². The van der Waals surface area contributed by atoms with Gasteiger partial charge in [0.05, 0.1) is 21.9 Å². The summed E-state index contributed by atoms with van der Waals surface area (Å²) < 4.78 is 0. The Kier molecular flexibility index (Phi) is 5.63. The zero-order valence-corrected chi connectivity index (χ0v) is 19.1. The minimum atomic E-state index is -0.523. The van der Waals surface area contributed by atoms with Gasteiger partial charge in [-0.1, -0.05) is 20.8 Å². The van der Waals surface area contributed by atoms with Gasteiger partial charge in [0, 0.05) is 35.4 Å². The molecule has 2 aromatic carbocycles. The van der Waals surface area contributed by atoms with Gasteiger partial charge in [-0.05, 0) is 53.9 Å². The molecule has 10 heteroatoms. The Labute approximate surface area is 196 Å². The maximum atomic E-state index is 13.1. The third-order valence-electron chi connectivity index (χ3n) is 8.12. The molecule has 4 atom stereocenters. The minimum absolute atomic E-state index is 0.0987. The van der Waals surface area contributed by atoms with Gasteiger partial charge in [0.1, 0.15) is 0 Å². The highest BCUT2D eigenvalue weighted by molar-refractivity contribution is 5.96. The zero-order valence-electron chi connectivity index (χ0n) is 19.1. The summed E-state index contributed by atoms with van der Waals surface area (Å²) in [5.41, 5.74) is -0.0294.